The summed E-state index contributed by atoms with van der Waals surface area (Å²) in [5.74, 6) is 0. The topological polar surface area (TPSA) is 48.5 Å². The summed E-state index contributed by atoms with van der Waals surface area (Å²) >= 11 is 0. The van der Waals surface area contributed by atoms with Gasteiger partial charge in [-0.25, -0.2) is 4.79 Å². The van der Waals surface area contributed by atoms with E-state index >= 15 is 0 Å². The van der Waals surface area contributed by atoms with Crippen LogP contribution >= 0.6 is 0 Å². The largest absolute Gasteiger partial charge is 0.331 e. The van der Waals surface area contributed by atoms with Crippen LogP contribution in [0.25, 0.3) is 0 Å². The van der Waals surface area contributed by atoms with Crippen molar-refractivity contribution in [2.24, 2.45) is 0 Å². The van der Waals surface area contributed by atoms with Crippen LogP contribution in [0.3, 0.4) is 0 Å². The predicted octanol–water partition coefficient (Wildman–Crippen LogP) is 1.63. The number of aromatic nitrogens is 1. The Labute approximate surface area is 120 Å². The Balaban J connectivity index is 1.64. The minimum absolute atomic E-state index is 0.00282. The van der Waals surface area contributed by atoms with Gasteiger partial charge in [-0.2, -0.15) is 0 Å². The zero-order valence-electron chi connectivity index (χ0n) is 12.0. The second-order valence-electron chi connectivity index (χ2n) is 5.72. The molecule has 3 saturated heterocycles. The van der Waals surface area contributed by atoms with E-state index in [1.165, 1.54) is 0 Å². The normalized spacial score (nSPS) is 26.9. The van der Waals surface area contributed by atoms with Gasteiger partial charge in [0.05, 0.1) is 6.04 Å². The molecule has 5 heteroatoms. The molecular formula is C15H22N4O. The lowest BCUT2D eigenvalue weighted by Crippen LogP contribution is -2.47. The van der Waals surface area contributed by atoms with Gasteiger partial charge < -0.3 is 15.1 Å². The van der Waals surface area contributed by atoms with Gasteiger partial charge in [0.25, 0.3) is 0 Å². The van der Waals surface area contributed by atoms with Crippen LogP contribution in [0.15, 0.2) is 24.5 Å². The highest BCUT2D eigenvalue weighted by Gasteiger charge is 2.32. The number of rotatable bonds is 2. The molecule has 3 fully saturated rings. The number of pyridine rings is 1. The van der Waals surface area contributed by atoms with Gasteiger partial charge in [0.2, 0.25) is 0 Å². The van der Waals surface area contributed by atoms with Crippen molar-refractivity contribution >= 4 is 6.03 Å². The molecule has 2 amide bonds. The summed E-state index contributed by atoms with van der Waals surface area (Å²) in [6.45, 7) is 6.12. The fourth-order valence-corrected chi connectivity index (χ4v) is 3.14. The van der Waals surface area contributed by atoms with E-state index in [9.17, 15) is 4.79 Å². The Morgan fingerprint density at radius 3 is 2.85 bits per heavy atom. The lowest BCUT2D eigenvalue weighted by molar-refractivity contribution is 0.168. The van der Waals surface area contributed by atoms with Crippen molar-refractivity contribution in [3.63, 3.8) is 0 Å². The van der Waals surface area contributed by atoms with E-state index < -0.39 is 0 Å². The number of amides is 2. The molecule has 3 aliphatic rings. The molecule has 0 radical (unpaired) electrons. The van der Waals surface area contributed by atoms with E-state index in [-0.39, 0.29) is 12.1 Å². The van der Waals surface area contributed by atoms with Crippen molar-refractivity contribution in [1.29, 1.82) is 0 Å². The smallest absolute Gasteiger partial charge is 0.318 e. The molecule has 0 aliphatic carbocycles. The van der Waals surface area contributed by atoms with E-state index in [4.69, 9.17) is 0 Å². The summed E-state index contributed by atoms with van der Waals surface area (Å²) in [5.41, 5.74) is 1.05. The summed E-state index contributed by atoms with van der Waals surface area (Å²) in [4.78, 5) is 21.1. The SMILES string of the molecule is CC(NC(=O)N1CCN2CCC1CC2)c1cccnc1. The summed E-state index contributed by atoms with van der Waals surface area (Å²) < 4.78 is 0. The Hall–Kier alpha value is -1.62. The molecule has 1 unspecified atom stereocenters. The summed E-state index contributed by atoms with van der Waals surface area (Å²) in [6.07, 6.45) is 5.77. The van der Waals surface area contributed by atoms with Crippen molar-refractivity contribution in [2.45, 2.75) is 31.8 Å². The molecule has 2 bridgehead atoms. The standard InChI is InChI=1S/C15H22N4O/c1-12(13-3-2-6-16-11-13)17-15(20)19-10-9-18-7-4-14(19)5-8-18/h2-3,6,11-12,14H,4-5,7-10H2,1H3,(H,17,20). The third-order valence-corrected chi connectivity index (χ3v) is 4.44. The Morgan fingerprint density at radius 2 is 2.15 bits per heavy atom. The molecule has 1 aromatic heterocycles. The molecule has 1 atom stereocenters. The van der Waals surface area contributed by atoms with Crippen LogP contribution in [0, 0.1) is 0 Å². The second kappa shape index (κ2) is 5.79. The maximum absolute atomic E-state index is 12.5. The van der Waals surface area contributed by atoms with Crippen molar-refractivity contribution in [2.75, 3.05) is 26.2 Å². The minimum atomic E-state index is -0.00282. The third kappa shape index (κ3) is 2.77. The van der Waals surface area contributed by atoms with E-state index in [0.29, 0.717) is 6.04 Å². The average molecular weight is 274 g/mol. The number of hydrogen-bond acceptors (Lipinski definition) is 3. The van der Waals surface area contributed by atoms with Gasteiger partial charge in [-0.05, 0) is 31.4 Å². The van der Waals surface area contributed by atoms with Crippen LogP contribution in [0.4, 0.5) is 4.79 Å². The van der Waals surface area contributed by atoms with Gasteiger partial charge in [-0.3, -0.25) is 4.98 Å². The molecular weight excluding hydrogens is 252 g/mol. The van der Waals surface area contributed by atoms with Gasteiger partial charge in [0.1, 0.15) is 0 Å². The molecule has 108 valence electrons. The van der Waals surface area contributed by atoms with Crippen LogP contribution in [-0.4, -0.2) is 53.0 Å². The molecule has 20 heavy (non-hydrogen) atoms. The van der Waals surface area contributed by atoms with E-state index in [2.05, 4.69) is 15.2 Å². The molecule has 3 aliphatic heterocycles. The molecule has 0 spiro atoms. The van der Waals surface area contributed by atoms with Crippen LogP contribution < -0.4 is 5.32 Å². The number of nitrogens with zero attached hydrogens (tertiary/aromatic N) is 3. The molecule has 1 N–H and O–H groups in total. The van der Waals surface area contributed by atoms with Crippen molar-refractivity contribution in [3.05, 3.63) is 30.1 Å². The fourth-order valence-electron chi connectivity index (χ4n) is 3.14. The maximum Gasteiger partial charge on any atom is 0.318 e. The number of piperidine rings is 1. The highest BCUT2D eigenvalue weighted by molar-refractivity contribution is 5.75. The number of fused-ring (bicyclic) bond motifs is 4. The minimum Gasteiger partial charge on any atom is -0.331 e. The van der Waals surface area contributed by atoms with Gasteiger partial charge in [-0.1, -0.05) is 6.07 Å². The quantitative estimate of drug-likeness (QED) is 0.892. The Morgan fingerprint density at radius 1 is 1.35 bits per heavy atom. The van der Waals surface area contributed by atoms with E-state index in [1.54, 1.807) is 6.20 Å². The highest BCUT2D eigenvalue weighted by Crippen LogP contribution is 2.21. The average Bonchev–Trinajstić information content (AvgIpc) is 2.81. The van der Waals surface area contributed by atoms with Gasteiger partial charge in [0, 0.05) is 44.6 Å². The lowest BCUT2D eigenvalue weighted by Gasteiger charge is -2.32. The van der Waals surface area contributed by atoms with Crippen LogP contribution in [0.2, 0.25) is 0 Å². The second-order valence-corrected chi connectivity index (χ2v) is 5.72. The van der Waals surface area contributed by atoms with Gasteiger partial charge in [0.15, 0.2) is 0 Å². The molecule has 5 nitrogen and oxygen atoms in total. The zero-order valence-corrected chi connectivity index (χ0v) is 12.0. The number of carbonyl (C=O) groups is 1. The first-order valence-electron chi connectivity index (χ1n) is 7.43. The molecule has 1 aromatic rings. The lowest BCUT2D eigenvalue weighted by atomic mass is 10.1. The molecule has 0 aromatic carbocycles. The van der Waals surface area contributed by atoms with Crippen molar-refractivity contribution in [1.82, 2.24) is 20.1 Å². The molecule has 4 rings (SSSR count). The number of carbonyl (C=O) groups excluding carboxylic acids is 1. The number of urea groups is 1. The zero-order chi connectivity index (χ0) is 13.9. The Kier molecular flexibility index (Phi) is 3.87. The van der Waals surface area contributed by atoms with Crippen molar-refractivity contribution in [3.8, 4) is 0 Å². The van der Waals surface area contributed by atoms with E-state index in [0.717, 1.165) is 44.6 Å². The summed E-state index contributed by atoms with van der Waals surface area (Å²) in [6, 6.07) is 4.37. The number of nitrogens with one attached hydrogen (secondary N) is 1. The monoisotopic (exact) mass is 274 g/mol. The van der Waals surface area contributed by atoms with Gasteiger partial charge in [-0.15, -0.1) is 0 Å². The third-order valence-electron chi connectivity index (χ3n) is 4.44. The van der Waals surface area contributed by atoms with Crippen LogP contribution in [-0.2, 0) is 0 Å². The molecule has 0 saturated carbocycles. The first-order chi connectivity index (χ1) is 9.74. The van der Waals surface area contributed by atoms with Crippen LogP contribution in [0.1, 0.15) is 31.4 Å². The summed E-state index contributed by atoms with van der Waals surface area (Å²) in [7, 11) is 0. The number of hydrogen-bond donors (Lipinski definition) is 1. The van der Waals surface area contributed by atoms with E-state index in [1.807, 2.05) is 30.2 Å². The highest BCUT2D eigenvalue weighted by atomic mass is 16.2. The first-order valence-corrected chi connectivity index (χ1v) is 7.43. The maximum atomic E-state index is 12.5. The summed E-state index contributed by atoms with van der Waals surface area (Å²) in [5, 5.41) is 3.10. The fraction of sp³-hybridized carbons (Fsp3) is 0.600. The van der Waals surface area contributed by atoms with Crippen molar-refractivity contribution < 1.29 is 4.79 Å². The van der Waals surface area contributed by atoms with Gasteiger partial charge >= 0.3 is 6.03 Å². The molecule has 4 heterocycles. The Bertz CT molecular complexity index is 456. The van der Waals surface area contributed by atoms with Crippen LogP contribution in [0.5, 0.6) is 0 Å². The predicted molar refractivity (Wildman–Crippen MR) is 77.4 cm³/mol. The first kappa shape index (κ1) is 13.4.